The van der Waals surface area contributed by atoms with E-state index in [1.165, 1.54) is 27.8 Å². The number of carbonyl (C=O) groups is 4. The number of thiophene rings is 1. The van der Waals surface area contributed by atoms with E-state index < -0.39 is 35.9 Å². The number of hydrogen-bond acceptors (Lipinski definition) is 7. The van der Waals surface area contributed by atoms with Gasteiger partial charge in [-0.3, -0.25) is 19.1 Å². The molecule has 3 aromatic rings. The Morgan fingerprint density at radius 3 is 2.26 bits per heavy atom. The molecule has 11 nitrogen and oxygen atoms in total. The van der Waals surface area contributed by atoms with Crippen molar-refractivity contribution in [2.75, 3.05) is 31.6 Å². The Bertz CT molecular complexity index is 1580. The molecular weight excluding hydrogens is 592 g/mol. The number of rotatable bonds is 6. The summed E-state index contributed by atoms with van der Waals surface area (Å²) >= 11 is 8.36. The first-order chi connectivity index (χ1) is 20.4. The number of aromatic nitrogens is 2. The van der Waals surface area contributed by atoms with Crippen molar-refractivity contribution in [2.45, 2.75) is 45.7 Å². The average Bonchev–Trinajstić information content (AvgIpc) is 3.57. The number of Topliss-reactive ketones (excluding diaryl/α,β-unsaturated/α-hetero) is 1. The van der Waals surface area contributed by atoms with Gasteiger partial charge in [0.2, 0.25) is 11.8 Å². The number of amides is 4. The Balaban J connectivity index is 1.77. The second kappa shape index (κ2) is 12.1. The van der Waals surface area contributed by atoms with Gasteiger partial charge in [0.15, 0.2) is 5.78 Å². The van der Waals surface area contributed by atoms with Gasteiger partial charge in [-0.05, 0) is 44.5 Å². The molecule has 3 N–H and O–H groups in total. The second-order valence-electron chi connectivity index (χ2n) is 11.0. The summed E-state index contributed by atoms with van der Waals surface area (Å²) in [5.74, 6) is -2.94. The van der Waals surface area contributed by atoms with Crippen molar-refractivity contribution in [1.82, 2.24) is 19.6 Å². The summed E-state index contributed by atoms with van der Waals surface area (Å²) in [7, 11) is 1.69. The molecule has 43 heavy (non-hydrogen) atoms. The van der Waals surface area contributed by atoms with Gasteiger partial charge < -0.3 is 25.6 Å². The minimum atomic E-state index is -1.18. The van der Waals surface area contributed by atoms with Crippen molar-refractivity contribution in [3.8, 4) is 0 Å². The van der Waals surface area contributed by atoms with Crippen LogP contribution in [-0.4, -0.2) is 75.6 Å². The van der Waals surface area contributed by atoms with Crippen molar-refractivity contribution in [2.24, 2.45) is 18.7 Å². The molecule has 228 valence electrons. The molecule has 4 unspecified atom stereocenters. The third kappa shape index (κ3) is 5.66. The fourth-order valence-electron chi connectivity index (χ4n) is 6.43. The van der Waals surface area contributed by atoms with Crippen molar-refractivity contribution in [1.29, 1.82) is 0 Å². The molecule has 2 aromatic heterocycles. The molecule has 4 heterocycles. The number of anilines is 1. The zero-order valence-corrected chi connectivity index (χ0v) is 26.3. The first kappa shape index (κ1) is 30.7. The number of carbonyl (C=O) groups excluding carboxylic acids is 4. The van der Waals surface area contributed by atoms with Gasteiger partial charge in [0.05, 0.1) is 30.9 Å². The van der Waals surface area contributed by atoms with E-state index in [2.05, 4.69) is 10.4 Å². The van der Waals surface area contributed by atoms with Gasteiger partial charge in [0.1, 0.15) is 11.2 Å². The van der Waals surface area contributed by atoms with E-state index in [4.69, 9.17) is 22.1 Å². The van der Waals surface area contributed by atoms with E-state index in [-0.39, 0.29) is 16.8 Å². The van der Waals surface area contributed by atoms with Gasteiger partial charge in [0.25, 0.3) is 0 Å². The van der Waals surface area contributed by atoms with Crippen molar-refractivity contribution in [3.05, 3.63) is 67.6 Å². The van der Waals surface area contributed by atoms with Crippen LogP contribution in [0.5, 0.6) is 0 Å². The maximum Gasteiger partial charge on any atom is 0.321 e. The number of morpholine rings is 1. The summed E-state index contributed by atoms with van der Waals surface area (Å²) < 4.78 is 6.98. The van der Waals surface area contributed by atoms with E-state index in [1.54, 1.807) is 43.1 Å². The smallest absolute Gasteiger partial charge is 0.321 e. The van der Waals surface area contributed by atoms with Crippen LogP contribution in [0.4, 0.5) is 10.5 Å². The highest BCUT2D eigenvalue weighted by Gasteiger charge is 2.59. The first-order valence-electron chi connectivity index (χ1n) is 14.0. The lowest BCUT2D eigenvalue weighted by atomic mass is 9.76. The molecule has 2 aliphatic heterocycles. The van der Waals surface area contributed by atoms with E-state index in [9.17, 15) is 19.2 Å². The number of halogens is 1. The zero-order valence-electron chi connectivity index (χ0n) is 24.7. The molecule has 5 rings (SSSR count). The highest BCUT2D eigenvalue weighted by atomic mass is 35.5. The molecule has 0 radical (unpaired) electrons. The maximum absolute atomic E-state index is 14.8. The Morgan fingerprint density at radius 1 is 1.09 bits per heavy atom. The molecular formula is C30H35ClN6O5S. The minimum Gasteiger partial charge on any atom is -0.378 e. The Morgan fingerprint density at radius 2 is 1.74 bits per heavy atom. The summed E-state index contributed by atoms with van der Waals surface area (Å²) in [6.07, 6.45) is 0. The van der Waals surface area contributed by atoms with Gasteiger partial charge in [-0.2, -0.15) is 5.10 Å². The Kier molecular flexibility index (Phi) is 8.64. The van der Waals surface area contributed by atoms with E-state index >= 15 is 0 Å². The summed E-state index contributed by atoms with van der Waals surface area (Å²) in [6.45, 7) is 8.35. The van der Waals surface area contributed by atoms with Crippen LogP contribution in [0.3, 0.4) is 0 Å². The van der Waals surface area contributed by atoms with Crippen LogP contribution in [0.2, 0.25) is 5.15 Å². The monoisotopic (exact) mass is 626 g/mol. The number of likely N-dealkylation sites (tertiary alicyclic amines) is 1. The maximum atomic E-state index is 14.8. The fourth-order valence-corrected chi connectivity index (χ4v) is 7.64. The quantitative estimate of drug-likeness (QED) is 0.397. The van der Waals surface area contributed by atoms with Crippen LogP contribution in [0.15, 0.2) is 30.3 Å². The number of benzene rings is 1. The molecule has 0 bridgehead atoms. The number of nitrogens with zero attached hydrogens (tertiary/aromatic N) is 4. The van der Waals surface area contributed by atoms with Crippen LogP contribution in [0.25, 0.3) is 0 Å². The first-order valence-corrected chi connectivity index (χ1v) is 15.2. The van der Waals surface area contributed by atoms with Crippen LogP contribution in [0.1, 0.15) is 55.8 Å². The molecule has 2 saturated heterocycles. The van der Waals surface area contributed by atoms with Crippen molar-refractivity contribution in [3.63, 3.8) is 0 Å². The number of urea groups is 1. The van der Waals surface area contributed by atoms with Gasteiger partial charge in [0, 0.05) is 59.5 Å². The highest BCUT2D eigenvalue weighted by Crippen LogP contribution is 2.53. The molecule has 0 aliphatic carbocycles. The van der Waals surface area contributed by atoms with Crippen LogP contribution < -0.4 is 11.1 Å². The predicted octanol–water partition coefficient (Wildman–Crippen LogP) is 3.96. The van der Waals surface area contributed by atoms with Crippen molar-refractivity contribution >= 4 is 52.3 Å². The van der Waals surface area contributed by atoms with Crippen LogP contribution >= 0.6 is 22.9 Å². The third-order valence-corrected chi connectivity index (χ3v) is 9.59. The average molecular weight is 627 g/mol. The second-order valence-corrected chi connectivity index (χ2v) is 12.9. The Hall–Kier alpha value is -3.74. The third-order valence-electron chi connectivity index (χ3n) is 8.18. The topological polar surface area (TPSA) is 140 Å². The van der Waals surface area contributed by atoms with E-state index in [0.29, 0.717) is 54.4 Å². The molecule has 4 atom stereocenters. The van der Waals surface area contributed by atoms with E-state index in [1.807, 2.05) is 19.9 Å². The number of nitrogens with one attached hydrogen (secondary N) is 1. The van der Waals surface area contributed by atoms with E-state index in [0.717, 1.165) is 9.75 Å². The summed E-state index contributed by atoms with van der Waals surface area (Å²) in [6, 6.07) is 6.23. The number of primary amides is 1. The molecule has 0 spiro atoms. The number of aryl methyl sites for hydroxylation is 4. The molecule has 0 saturated carbocycles. The zero-order chi connectivity index (χ0) is 31.2. The lowest BCUT2D eigenvalue weighted by Crippen LogP contribution is -2.54. The fraction of sp³-hybridized carbons (Fsp3) is 0.433. The molecule has 2 aliphatic rings. The largest absolute Gasteiger partial charge is 0.378 e. The summed E-state index contributed by atoms with van der Waals surface area (Å²) in [4.78, 5) is 59.2. The van der Waals surface area contributed by atoms with Crippen LogP contribution in [-0.2, 0) is 21.4 Å². The molecule has 1 aromatic carbocycles. The number of nitrogens with two attached hydrogens (primary N) is 1. The number of ether oxygens (including phenoxy) is 1. The van der Waals surface area contributed by atoms with Crippen molar-refractivity contribution < 1.29 is 23.9 Å². The molecule has 4 amide bonds. The number of hydrogen-bond donors (Lipinski definition) is 2. The standard InChI is InChI=1S/C30H35ClN6O5S/c1-15-14-21(17(3)43-15)27(39)24-23(19-6-8-20(9-7-19)33-18(4)38)26(29(32)40)37(30(41)36-10-12-42-13-11-36)25(24)22-16(2)34-35(5)28(22)31/h6-9,14,23-26H,10-13H2,1-5H3,(H2,32,40)(H,33,38). The highest BCUT2D eigenvalue weighted by molar-refractivity contribution is 7.12. The Labute approximate surface area is 258 Å². The van der Waals surface area contributed by atoms with Gasteiger partial charge in [-0.1, -0.05) is 23.7 Å². The lowest BCUT2D eigenvalue weighted by Gasteiger charge is -2.37. The summed E-state index contributed by atoms with van der Waals surface area (Å²) in [5.41, 5.74) is 8.89. The number of ketones is 1. The SMILES string of the molecule is CC(=O)Nc1ccc(C2C(C(=O)c3cc(C)sc3C)C(c3c(C)nn(C)c3Cl)N(C(=O)N3CCOCC3)C2C(N)=O)cc1. The minimum absolute atomic E-state index is 0.217. The van der Waals surface area contributed by atoms with Gasteiger partial charge in [-0.25, -0.2) is 4.79 Å². The summed E-state index contributed by atoms with van der Waals surface area (Å²) in [5, 5.41) is 7.51. The van der Waals surface area contributed by atoms with Gasteiger partial charge in [-0.15, -0.1) is 11.3 Å². The predicted molar refractivity (Wildman–Crippen MR) is 163 cm³/mol. The molecule has 2 fully saturated rings. The van der Waals surface area contributed by atoms with Crippen LogP contribution in [0, 0.1) is 26.7 Å². The van der Waals surface area contributed by atoms with Gasteiger partial charge >= 0.3 is 6.03 Å². The molecule has 13 heteroatoms. The normalized spacial score (nSPS) is 22.1. The lowest BCUT2D eigenvalue weighted by molar-refractivity contribution is -0.122.